The maximum atomic E-state index is 12.0. The zero-order valence-corrected chi connectivity index (χ0v) is 17.6. The zero-order chi connectivity index (χ0) is 17.1. The van der Waals surface area contributed by atoms with Crippen LogP contribution in [0, 0.1) is 0 Å². The van der Waals surface area contributed by atoms with E-state index in [-0.39, 0.29) is 42.9 Å². The lowest BCUT2D eigenvalue weighted by molar-refractivity contribution is 0.0602. The summed E-state index contributed by atoms with van der Waals surface area (Å²) in [4.78, 5) is 12.0. The molecule has 0 aliphatic carbocycles. The third-order valence-electron chi connectivity index (χ3n) is 4.37. The van der Waals surface area contributed by atoms with Gasteiger partial charge in [0.25, 0.3) is 0 Å². The number of ether oxygens (including phenoxy) is 1. The molecule has 0 radical (unpaired) electrons. The number of rotatable bonds is 4. The number of nitrogens with zero attached hydrogens (tertiary/aromatic N) is 1. The van der Waals surface area contributed by atoms with Gasteiger partial charge < -0.3 is 19.7 Å². The number of methoxy groups -OCH3 is 1. The number of aromatic nitrogens is 1. The molecule has 8 heteroatoms. The molecule has 2 heterocycles. The molecule has 0 unspecified atom stereocenters. The van der Waals surface area contributed by atoms with E-state index < -0.39 is 0 Å². The van der Waals surface area contributed by atoms with Gasteiger partial charge in [0.1, 0.15) is 0 Å². The summed E-state index contributed by atoms with van der Waals surface area (Å²) in [5.41, 5.74) is 1.52. The Balaban J connectivity index is 0.00000169. The molecule has 1 fully saturated rings. The van der Waals surface area contributed by atoms with Gasteiger partial charge in [-0.1, -0.05) is 34.1 Å². The van der Waals surface area contributed by atoms with Gasteiger partial charge in [0, 0.05) is 22.6 Å². The highest BCUT2D eigenvalue weighted by Gasteiger charge is 2.19. The number of hydrogen-bond donors (Lipinski definition) is 2. The first-order valence-corrected chi connectivity index (χ1v) is 8.84. The molecule has 2 N–H and O–H groups in total. The average Bonchev–Trinajstić information content (AvgIpc) is 2.94. The van der Waals surface area contributed by atoms with Crippen molar-refractivity contribution in [2.45, 2.75) is 31.5 Å². The largest absolute Gasteiger partial charge is 0.465 e. The normalized spacial score (nSPS) is 19.8. The molecule has 3 rings (SSSR count). The Kier molecular flexibility index (Phi) is 9.13. The second kappa shape index (κ2) is 10.3. The fraction of sp³-hybridized carbons (Fsp3) is 0.389. The summed E-state index contributed by atoms with van der Waals surface area (Å²) in [5, 5.41) is 14.2. The first-order valence-electron chi connectivity index (χ1n) is 8.05. The third-order valence-corrected chi connectivity index (χ3v) is 4.86. The van der Waals surface area contributed by atoms with E-state index in [9.17, 15) is 9.90 Å². The minimum absolute atomic E-state index is 0. The van der Waals surface area contributed by atoms with Crippen molar-refractivity contribution >= 4 is 57.6 Å². The highest BCUT2D eigenvalue weighted by atomic mass is 79.9. The van der Waals surface area contributed by atoms with Gasteiger partial charge >= 0.3 is 5.97 Å². The SMILES string of the molecule is COC(=O)c1cn(C/C=C/[C@H]2NCCC[C@@H]2O)c2cc(Br)ccc12.Cl.Cl. The summed E-state index contributed by atoms with van der Waals surface area (Å²) in [5.74, 6) is -0.338. The monoisotopic (exact) mass is 464 g/mol. The van der Waals surface area contributed by atoms with Crippen molar-refractivity contribution in [2.75, 3.05) is 13.7 Å². The van der Waals surface area contributed by atoms with Gasteiger partial charge in [0.2, 0.25) is 0 Å². The van der Waals surface area contributed by atoms with Gasteiger partial charge in [-0.25, -0.2) is 4.79 Å². The second-order valence-corrected chi connectivity index (χ2v) is 6.88. The Hall–Kier alpha value is -1.05. The topological polar surface area (TPSA) is 63.5 Å². The maximum absolute atomic E-state index is 12.0. The van der Waals surface area contributed by atoms with Crippen LogP contribution in [0.1, 0.15) is 23.2 Å². The first kappa shape index (κ1) is 23.0. The number of benzene rings is 1. The van der Waals surface area contributed by atoms with Crippen LogP contribution in [0.2, 0.25) is 0 Å². The summed E-state index contributed by atoms with van der Waals surface area (Å²) in [6.45, 7) is 1.55. The molecule has 1 aliphatic rings. The summed E-state index contributed by atoms with van der Waals surface area (Å²) in [7, 11) is 1.39. The van der Waals surface area contributed by atoms with E-state index >= 15 is 0 Å². The van der Waals surface area contributed by atoms with Crippen LogP contribution in [0.15, 0.2) is 41.0 Å². The fourth-order valence-electron chi connectivity index (χ4n) is 3.10. The number of piperidine rings is 1. The Morgan fingerprint density at radius 2 is 2.23 bits per heavy atom. The van der Waals surface area contributed by atoms with Gasteiger partial charge in [0.05, 0.1) is 30.3 Å². The van der Waals surface area contributed by atoms with Crippen LogP contribution in [0.4, 0.5) is 0 Å². The van der Waals surface area contributed by atoms with Crippen molar-refractivity contribution < 1.29 is 14.6 Å². The molecule has 1 saturated heterocycles. The van der Waals surface area contributed by atoms with E-state index in [1.165, 1.54) is 7.11 Å². The highest BCUT2D eigenvalue weighted by Crippen LogP contribution is 2.26. The van der Waals surface area contributed by atoms with Crippen LogP contribution in [0.25, 0.3) is 10.9 Å². The van der Waals surface area contributed by atoms with Crippen LogP contribution >= 0.6 is 40.7 Å². The molecule has 5 nitrogen and oxygen atoms in total. The Morgan fingerprint density at radius 3 is 2.92 bits per heavy atom. The van der Waals surface area contributed by atoms with Crippen LogP contribution in [-0.4, -0.2) is 41.4 Å². The molecule has 0 saturated carbocycles. The van der Waals surface area contributed by atoms with E-state index in [1.807, 2.05) is 41.1 Å². The Morgan fingerprint density at radius 1 is 1.46 bits per heavy atom. The van der Waals surface area contributed by atoms with E-state index in [2.05, 4.69) is 21.2 Å². The molecule has 1 aromatic carbocycles. The van der Waals surface area contributed by atoms with Crippen molar-refractivity contribution in [3.05, 3.63) is 46.6 Å². The first-order chi connectivity index (χ1) is 11.6. The molecular formula is C18H23BrCl2N2O3. The minimum Gasteiger partial charge on any atom is -0.465 e. The van der Waals surface area contributed by atoms with E-state index in [0.29, 0.717) is 12.1 Å². The van der Waals surface area contributed by atoms with E-state index in [4.69, 9.17) is 4.74 Å². The number of nitrogens with one attached hydrogen (secondary N) is 1. The molecule has 0 amide bonds. The van der Waals surface area contributed by atoms with Gasteiger partial charge in [0.15, 0.2) is 0 Å². The lowest BCUT2D eigenvalue weighted by Gasteiger charge is -2.26. The lowest BCUT2D eigenvalue weighted by atomic mass is 10.0. The van der Waals surface area contributed by atoms with Gasteiger partial charge in [-0.3, -0.25) is 0 Å². The van der Waals surface area contributed by atoms with Gasteiger partial charge in [-0.05, 0) is 31.5 Å². The number of fused-ring (bicyclic) bond motifs is 1. The number of halogens is 3. The third kappa shape index (κ3) is 5.02. The van der Waals surface area contributed by atoms with Crippen molar-refractivity contribution in [3.8, 4) is 0 Å². The van der Waals surface area contributed by atoms with Crippen molar-refractivity contribution in [3.63, 3.8) is 0 Å². The van der Waals surface area contributed by atoms with Crippen LogP contribution in [0.5, 0.6) is 0 Å². The Bertz CT molecular complexity index is 779. The van der Waals surface area contributed by atoms with Crippen molar-refractivity contribution in [1.29, 1.82) is 0 Å². The lowest BCUT2D eigenvalue weighted by Crippen LogP contribution is -2.43. The van der Waals surface area contributed by atoms with Crippen LogP contribution < -0.4 is 5.32 Å². The number of esters is 1. The predicted octanol–water partition coefficient (Wildman–Crippen LogP) is 3.70. The fourth-order valence-corrected chi connectivity index (χ4v) is 3.45. The summed E-state index contributed by atoms with van der Waals surface area (Å²) < 4.78 is 7.85. The number of aliphatic hydroxyl groups is 1. The van der Waals surface area contributed by atoms with E-state index in [0.717, 1.165) is 34.8 Å². The standard InChI is InChI=1S/C18H21BrN2O3.2ClH/c1-24-18(23)14-11-21(16-10-12(19)6-7-13(14)16)9-3-4-15-17(22)5-2-8-20-15;;/h3-4,6-7,10-11,15,17,20,22H,2,5,8-9H2,1H3;2*1H/b4-3+;;/t15-,17+;;/m1../s1. The number of carbonyl (C=O) groups excluding carboxylic acids is 1. The second-order valence-electron chi connectivity index (χ2n) is 5.97. The summed E-state index contributed by atoms with van der Waals surface area (Å²) in [6, 6.07) is 5.81. The molecular weight excluding hydrogens is 443 g/mol. The average molecular weight is 466 g/mol. The van der Waals surface area contributed by atoms with Gasteiger partial charge in [-0.2, -0.15) is 0 Å². The highest BCUT2D eigenvalue weighted by molar-refractivity contribution is 9.10. The molecule has 0 bridgehead atoms. The van der Waals surface area contributed by atoms with Gasteiger partial charge in [-0.15, -0.1) is 24.8 Å². The van der Waals surface area contributed by atoms with Crippen molar-refractivity contribution in [2.24, 2.45) is 0 Å². The molecule has 2 aromatic rings. The van der Waals surface area contributed by atoms with Crippen LogP contribution in [0.3, 0.4) is 0 Å². The molecule has 1 aromatic heterocycles. The number of carbonyl (C=O) groups is 1. The maximum Gasteiger partial charge on any atom is 0.340 e. The molecule has 1 aliphatic heterocycles. The number of allylic oxidation sites excluding steroid dienone is 1. The zero-order valence-electron chi connectivity index (χ0n) is 14.4. The smallest absolute Gasteiger partial charge is 0.340 e. The molecule has 26 heavy (non-hydrogen) atoms. The summed E-state index contributed by atoms with van der Waals surface area (Å²) in [6.07, 6.45) is 7.34. The van der Waals surface area contributed by atoms with Crippen molar-refractivity contribution in [1.82, 2.24) is 9.88 Å². The minimum atomic E-state index is -0.338. The molecule has 144 valence electrons. The Labute approximate surface area is 173 Å². The van der Waals surface area contributed by atoms with Crippen LogP contribution in [-0.2, 0) is 11.3 Å². The predicted molar refractivity (Wildman–Crippen MR) is 112 cm³/mol. The number of aliphatic hydroxyl groups excluding tert-OH is 1. The molecule has 2 atom stereocenters. The molecule has 0 spiro atoms. The van der Waals surface area contributed by atoms with E-state index in [1.54, 1.807) is 0 Å². The summed E-state index contributed by atoms with van der Waals surface area (Å²) >= 11 is 3.48. The quantitative estimate of drug-likeness (QED) is 0.533. The number of hydrogen-bond acceptors (Lipinski definition) is 4.